The fraction of sp³-hybridized carbons (Fsp3) is 0.467. The van der Waals surface area contributed by atoms with Crippen molar-refractivity contribution < 1.29 is 9.59 Å². The number of fused-ring (bicyclic) bond motifs is 1. The molecule has 2 aliphatic rings. The normalized spacial score (nSPS) is 26.7. The molecule has 0 bridgehead atoms. The predicted molar refractivity (Wildman–Crippen MR) is 74.1 cm³/mol. The Balaban J connectivity index is 2.00. The summed E-state index contributed by atoms with van der Waals surface area (Å²) in [4.78, 5) is 26.3. The molecule has 1 heterocycles. The van der Waals surface area contributed by atoms with E-state index in [-0.39, 0.29) is 23.7 Å². The van der Waals surface area contributed by atoms with Crippen molar-refractivity contribution in [1.29, 1.82) is 0 Å². The van der Waals surface area contributed by atoms with Crippen LogP contribution in [0.1, 0.15) is 31.2 Å². The number of halogens is 1. The number of amides is 2. The van der Waals surface area contributed by atoms with Gasteiger partial charge in [0.1, 0.15) is 0 Å². The minimum atomic E-state index is -0.101. The van der Waals surface area contributed by atoms with Crippen LogP contribution in [-0.4, -0.2) is 11.8 Å². The van der Waals surface area contributed by atoms with Gasteiger partial charge in [-0.1, -0.05) is 24.4 Å². The summed E-state index contributed by atoms with van der Waals surface area (Å²) in [5, 5.41) is 0.623. The number of rotatable bonds is 1. The summed E-state index contributed by atoms with van der Waals surface area (Å²) in [5.41, 5.74) is 1.56. The number of nitrogens with zero attached hydrogens (tertiary/aromatic N) is 1. The van der Waals surface area contributed by atoms with Gasteiger partial charge in [0.2, 0.25) is 11.8 Å². The Morgan fingerprint density at radius 3 is 2.21 bits per heavy atom. The highest BCUT2D eigenvalue weighted by atomic mass is 35.5. The molecule has 2 unspecified atom stereocenters. The van der Waals surface area contributed by atoms with Crippen LogP contribution in [-0.2, 0) is 9.59 Å². The molecule has 4 heteroatoms. The Morgan fingerprint density at radius 2 is 1.68 bits per heavy atom. The van der Waals surface area contributed by atoms with Gasteiger partial charge in [-0.3, -0.25) is 9.59 Å². The average Bonchev–Trinajstić information content (AvgIpc) is 2.64. The van der Waals surface area contributed by atoms with Crippen LogP contribution in [0.2, 0.25) is 5.02 Å². The molecule has 100 valence electrons. The monoisotopic (exact) mass is 277 g/mol. The van der Waals surface area contributed by atoms with Crippen molar-refractivity contribution in [2.45, 2.75) is 32.6 Å². The minimum Gasteiger partial charge on any atom is -0.274 e. The number of aryl methyl sites for hydroxylation is 1. The first kappa shape index (κ1) is 12.7. The van der Waals surface area contributed by atoms with Crippen LogP contribution >= 0.6 is 11.6 Å². The van der Waals surface area contributed by atoms with Crippen LogP contribution < -0.4 is 4.90 Å². The summed E-state index contributed by atoms with van der Waals surface area (Å²) in [6.07, 6.45) is 3.79. The van der Waals surface area contributed by atoms with Gasteiger partial charge >= 0.3 is 0 Å². The number of hydrogen-bond donors (Lipinski definition) is 0. The maximum absolute atomic E-state index is 12.5. The minimum absolute atomic E-state index is 0.0277. The van der Waals surface area contributed by atoms with Crippen molar-refractivity contribution in [2.24, 2.45) is 11.8 Å². The standard InChI is InChI=1S/C15H16ClNO2/c1-9-8-10(16)6-7-13(9)17-14(18)11-4-2-3-5-12(11)15(17)19/h6-8,11-12H,2-5H2,1H3. The van der Waals surface area contributed by atoms with Crippen molar-refractivity contribution in [3.63, 3.8) is 0 Å². The summed E-state index contributed by atoms with van der Waals surface area (Å²) in [5.74, 6) is -0.257. The van der Waals surface area contributed by atoms with E-state index < -0.39 is 0 Å². The van der Waals surface area contributed by atoms with Crippen molar-refractivity contribution in [2.75, 3.05) is 4.90 Å². The van der Waals surface area contributed by atoms with Crippen molar-refractivity contribution >= 4 is 29.1 Å². The van der Waals surface area contributed by atoms with Gasteiger partial charge in [-0.25, -0.2) is 4.90 Å². The van der Waals surface area contributed by atoms with Gasteiger partial charge in [-0.15, -0.1) is 0 Å². The molecule has 1 saturated carbocycles. The number of hydrogen-bond acceptors (Lipinski definition) is 2. The maximum atomic E-state index is 12.5. The first-order chi connectivity index (χ1) is 9.09. The van der Waals surface area contributed by atoms with Gasteiger partial charge in [0.15, 0.2) is 0 Å². The van der Waals surface area contributed by atoms with Gasteiger partial charge in [0.05, 0.1) is 17.5 Å². The van der Waals surface area contributed by atoms with Crippen LogP contribution in [0.15, 0.2) is 18.2 Å². The largest absolute Gasteiger partial charge is 0.274 e. The molecule has 3 nitrogen and oxygen atoms in total. The van der Waals surface area contributed by atoms with E-state index in [4.69, 9.17) is 11.6 Å². The molecule has 1 aliphatic carbocycles. The Hall–Kier alpha value is -1.35. The van der Waals surface area contributed by atoms with Crippen LogP contribution in [0, 0.1) is 18.8 Å². The van der Waals surface area contributed by atoms with E-state index in [1.165, 1.54) is 4.90 Å². The van der Waals surface area contributed by atoms with E-state index in [2.05, 4.69) is 0 Å². The first-order valence-corrected chi connectivity index (χ1v) is 7.11. The van der Waals surface area contributed by atoms with E-state index in [0.29, 0.717) is 10.7 Å². The van der Waals surface area contributed by atoms with E-state index >= 15 is 0 Å². The van der Waals surface area contributed by atoms with E-state index in [1.807, 2.05) is 6.92 Å². The zero-order valence-electron chi connectivity index (χ0n) is 10.9. The van der Waals surface area contributed by atoms with Crippen molar-refractivity contribution in [3.8, 4) is 0 Å². The third-order valence-corrected chi connectivity index (χ3v) is 4.48. The topological polar surface area (TPSA) is 37.4 Å². The molecule has 0 N–H and O–H groups in total. The molecule has 0 spiro atoms. The summed E-state index contributed by atoms with van der Waals surface area (Å²) in [6.45, 7) is 1.88. The van der Waals surface area contributed by atoms with Gasteiger partial charge in [0.25, 0.3) is 0 Å². The van der Waals surface area contributed by atoms with E-state index in [0.717, 1.165) is 31.2 Å². The molecule has 1 aromatic rings. The molecule has 3 rings (SSSR count). The van der Waals surface area contributed by atoms with E-state index in [9.17, 15) is 9.59 Å². The zero-order valence-corrected chi connectivity index (χ0v) is 11.6. The molecule has 2 atom stereocenters. The highest BCUT2D eigenvalue weighted by Crippen LogP contribution is 2.41. The molecule has 2 fully saturated rings. The highest BCUT2D eigenvalue weighted by molar-refractivity contribution is 6.31. The SMILES string of the molecule is Cc1cc(Cl)ccc1N1C(=O)C2CCCCC2C1=O. The fourth-order valence-corrected chi connectivity index (χ4v) is 3.50. The van der Waals surface area contributed by atoms with Crippen LogP contribution in [0.5, 0.6) is 0 Å². The molecule has 0 radical (unpaired) electrons. The Labute approximate surface area is 117 Å². The van der Waals surface area contributed by atoms with Gasteiger partial charge < -0.3 is 0 Å². The lowest BCUT2D eigenvalue weighted by Crippen LogP contribution is -2.31. The number of benzene rings is 1. The zero-order chi connectivity index (χ0) is 13.6. The van der Waals surface area contributed by atoms with Gasteiger partial charge in [-0.05, 0) is 43.5 Å². The second-order valence-corrected chi connectivity index (χ2v) is 5.88. The molecule has 19 heavy (non-hydrogen) atoms. The fourth-order valence-electron chi connectivity index (χ4n) is 3.27. The molecular formula is C15H16ClNO2. The van der Waals surface area contributed by atoms with Crippen molar-refractivity contribution in [3.05, 3.63) is 28.8 Å². The van der Waals surface area contributed by atoms with Crippen LogP contribution in [0.4, 0.5) is 5.69 Å². The Kier molecular flexibility index (Phi) is 3.09. The lowest BCUT2D eigenvalue weighted by Gasteiger charge is -2.19. The summed E-state index contributed by atoms with van der Waals surface area (Å²) < 4.78 is 0. The molecule has 0 aromatic heterocycles. The van der Waals surface area contributed by atoms with Crippen molar-refractivity contribution in [1.82, 2.24) is 0 Å². The quantitative estimate of drug-likeness (QED) is 0.739. The molecular weight excluding hydrogens is 262 g/mol. The lowest BCUT2D eigenvalue weighted by molar-refractivity contribution is -0.122. The number of anilines is 1. The summed E-state index contributed by atoms with van der Waals surface area (Å²) >= 11 is 5.93. The predicted octanol–water partition coefficient (Wildman–Crippen LogP) is 3.33. The Morgan fingerprint density at radius 1 is 1.11 bits per heavy atom. The number of carbonyl (C=O) groups is 2. The smallest absolute Gasteiger partial charge is 0.237 e. The average molecular weight is 278 g/mol. The maximum Gasteiger partial charge on any atom is 0.237 e. The molecule has 1 saturated heterocycles. The van der Waals surface area contributed by atoms with Crippen LogP contribution in [0.3, 0.4) is 0 Å². The van der Waals surface area contributed by atoms with E-state index in [1.54, 1.807) is 18.2 Å². The van der Waals surface area contributed by atoms with Gasteiger partial charge in [-0.2, -0.15) is 0 Å². The third-order valence-electron chi connectivity index (χ3n) is 4.24. The molecule has 1 aromatic carbocycles. The number of carbonyl (C=O) groups excluding carboxylic acids is 2. The van der Waals surface area contributed by atoms with Gasteiger partial charge in [0, 0.05) is 5.02 Å². The Bertz CT molecular complexity index is 531. The molecule has 2 amide bonds. The second kappa shape index (κ2) is 4.64. The number of imide groups is 1. The third kappa shape index (κ3) is 1.96. The highest BCUT2D eigenvalue weighted by Gasteiger charge is 2.48. The second-order valence-electron chi connectivity index (χ2n) is 5.44. The summed E-state index contributed by atoms with van der Waals surface area (Å²) in [6, 6.07) is 5.29. The molecule has 1 aliphatic heterocycles. The lowest BCUT2D eigenvalue weighted by atomic mass is 9.81. The first-order valence-electron chi connectivity index (χ1n) is 6.73. The van der Waals surface area contributed by atoms with Crippen LogP contribution in [0.25, 0.3) is 0 Å². The summed E-state index contributed by atoms with van der Waals surface area (Å²) in [7, 11) is 0.